The molecule has 280 valence electrons. The Labute approximate surface area is 295 Å². The summed E-state index contributed by atoms with van der Waals surface area (Å²) in [4.78, 5) is 39.6. The Morgan fingerprint density at radius 2 is 1.19 bits per heavy atom. The third-order valence-corrected chi connectivity index (χ3v) is 11.2. The third-order valence-electron chi connectivity index (χ3n) is 11.2. The van der Waals surface area contributed by atoms with Crippen LogP contribution in [-0.2, 0) is 28.6 Å². The molecule has 7 nitrogen and oxygen atoms in total. The fraction of sp³-hybridized carbons (Fsp3) is 0.927. The number of rotatable bonds is 30. The minimum Gasteiger partial charge on any atom is -0.466 e. The van der Waals surface area contributed by atoms with Crippen LogP contribution in [0, 0.1) is 17.3 Å². The Hall–Kier alpha value is -1.63. The van der Waals surface area contributed by atoms with Crippen molar-refractivity contribution in [3.05, 3.63) is 0 Å². The summed E-state index contributed by atoms with van der Waals surface area (Å²) in [5.74, 6) is 1.22. The molecule has 0 radical (unpaired) electrons. The van der Waals surface area contributed by atoms with E-state index in [4.69, 9.17) is 14.2 Å². The topological polar surface area (TPSA) is 82.1 Å². The van der Waals surface area contributed by atoms with E-state index in [1.54, 1.807) is 0 Å². The monoisotopic (exact) mass is 678 g/mol. The molecule has 0 N–H and O–H groups in total. The number of hydrogen-bond acceptors (Lipinski definition) is 7. The molecule has 0 heterocycles. The lowest BCUT2D eigenvalue weighted by Crippen LogP contribution is -2.35. The molecule has 0 spiro atoms. The second-order valence-corrected chi connectivity index (χ2v) is 15.7. The number of ether oxygens (including phenoxy) is 3. The van der Waals surface area contributed by atoms with Crippen molar-refractivity contribution in [2.75, 3.05) is 33.9 Å². The summed E-state index contributed by atoms with van der Waals surface area (Å²) in [6.45, 7) is 6.42. The highest BCUT2D eigenvalue weighted by molar-refractivity contribution is 5.70. The Morgan fingerprint density at radius 3 is 1.83 bits per heavy atom. The smallest absolute Gasteiger partial charge is 0.306 e. The van der Waals surface area contributed by atoms with Gasteiger partial charge in [-0.15, -0.1) is 0 Å². The average Bonchev–Trinajstić information content (AvgIpc) is 3.07. The summed E-state index contributed by atoms with van der Waals surface area (Å²) in [6.07, 6.45) is 27.9. The van der Waals surface area contributed by atoms with Crippen molar-refractivity contribution >= 4 is 17.9 Å². The fourth-order valence-corrected chi connectivity index (χ4v) is 7.88. The largest absolute Gasteiger partial charge is 0.466 e. The van der Waals surface area contributed by atoms with E-state index in [9.17, 15) is 14.4 Å². The van der Waals surface area contributed by atoms with Crippen LogP contribution in [0.1, 0.15) is 187 Å². The number of hydrogen-bond donors (Lipinski definition) is 0. The first-order chi connectivity index (χ1) is 23.2. The molecule has 7 heteroatoms. The molecule has 3 rings (SSSR count). The van der Waals surface area contributed by atoms with Crippen LogP contribution in [0.5, 0.6) is 0 Å². The molecule has 3 saturated carbocycles. The maximum atomic E-state index is 12.6. The zero-order valence-electron chi connectivity index (χ0n) is 31.8. The summed E-state index contributed by atoms with van der Waals surface area (Å²) in [5, 5.41) is 0. The van der Waals surface area contributed by atoms with E-state index in [1.807, 2.05) is 14.1 Å². The van der Waals surface area contributed by atoms with Gasteiger partial charge in [-0.25, -0.2) is 0 Å². The van der Waals surface area contributed by atoms with Gasteiger partial charge in [0.05, 0.1) is 13.2 Å². The van der Waals surface area contributed by atoms with E-state index < -0.39 is 0 Å². The van der Waals surface area contributed by atoms with Crippen molar-refractivity contribution < 1.29 is 28.6 Å². The number of unbranched alkanes of at least 4 members (excludes halogenated alkanes) is 8. The number of carbonyl (C=O) groups is 3. The van der Waals surface area contributed by atoms with Crippen molar-refractivity contribution in [3.63, 3.8) is 0 Å². The van der Waals surface area contributed by atoms with Crippen LogP contribution < -0.4 is 0 Å². The van der Waals surface area contributed by atoms with Crippen molar-refractivity contribution in [1.82, 2.24) is 4.90 Å². The second kappa shape index (κ2) is 26.2. The van der Waals surface area contributed by atoms with Crippen LogP contribution in [0.15, 0.2) is 0 Å². The van der Waals surface area contributed by atoms with E-state index >= 15 is 0 Å². The van der Waals surface area contributed by atoms with Gasteiger partial charge in [-0.05, 0) is 121 Å². The molecule has 3 fully saturated rings. The lowest BCUT2D eigenvalue weighted by atomic mass is 9.59. The van der Waals surface area contributed by atoms with E-state index in [-0.39, 0.29) is 24.0 Å². The standard InChI is InChI=1S/C41H75NO6/c1-5-7-12-17-35(18-13-8-6-2)27-33-46-38(43)20-15-11-9-10-14-19-37(48-40(45)21-16-32-42(3)4)22-23-39(44)47-34-31-41-28-24-36(25-29-41)26-30-41/h35-37H,5-34H2,1-4H3. The highest BCUT2D eigenvalue weighted by atomic mass is 16.5. The van der Waals surface area contributed by atoms with Gasteiger partial charge in [-0.1, -0.05) is 84.5 Å². The van der Waals surface area contributed by atoms with Crippen LogP contribution >= 0.6 is 0 Å². The van der Waals surface area contributed by atoms with Crippen molar-refractivity contribution in [2.24, 2.45) is 17.3 Å². The maximum absolute atomic E-state index is 12.6. The first-order valence-corrected chi connectivity index (χ1v) is 20.4. The third kappa shape index (κ3) is 20.1. The molecular formula is C41H75NO6. The van der Waals surface area contributed by atoms with Crippen LogP contribution in [-0.4, -0.2) is 62.8 Å². The van der Waals surface area contributed by atoms with Crippen molar-refractivity contribution in [2.45, 2.75) is 193 Å². The molecule has 3 aliphatic carbocycles. The molecule has 1 atom stereocenters. The Kier molecular flexibility index (Phi) is 23.2. The minimum atomic E-state index is -0.251. The summed E-state index contributed by atoms with van der Waals surface area (Å²) in [5.41, 5.74) is 0.407. The molecule has 2 bridgehead atoms. The molecule has 1 unspecified atom stereocenters. The van der Waals surface area contributed by atoms with E-state index in [1.165, 1.54) is 89.9 Å². The number of nitrogens with zero attached hydrogens (tertiary/aromatic N) is 1. The highest BCUT2D eigenvalue weighted by Crippen LogP contribution is 2.52. The van der Waals surface area contributed by atoms with Gasteiger partial charge in [0.2, 0.25) is 0 Å². The van der Waals surface area contributed by atoms with E-state index in [0.29, 0.717) is 50.2 Å². The predicted octanol–water partition coefficient (Wildman–Crippen LogP) is 10.4. The molecule has 0 saturated heterocycles. The number of carbonyl (C=O) groups excluding carboxylic acids is 3. The number of esters is 3. The Morgan fingerprint density at radius 1 is 0.625 bits per heavy atom. The van der Waals surface area contributed by atoms with Gasteiger partial charge in [-0.2, -0.15) is 0 Å². The summed E-state index contributed by atoms with van der Waals surface area (Å²) in [6, 6.07) is 0. The van der Waals surface area contributed by atoms with Gasteiger partial charge in [0, 0.05) is 19.3 Å². The molecule has 0 aromatic carbocycles. The van der Waals surface area contributed by atoms with Gasteiger partial charge in [0.1, 0.15) is 6.10 Å². The molecule has 0 aliphatic heterocycles. The zero-order chi connectivity index (χ0) is 34.9. The van der Waals surface area contributed by atoms with Crippen LogP contribution in [0.2, 0.25) is 0 Å². The van der Waals surface area contributed by atoms with Crippen LogP contribution in [0.3, 0.4) is 0 Å². The number of fused-ring (bicyclic) bond motifs is 3. The minimum absolute atomic E-state index is 0.0604. The fourth-order valence-electron chi connectivity index (χ4n) is 7.88. The quantitative estimate of drug-likeness (QED) is 0.0425. The zero-order valence-corrected chi connectivity index (χ0v) is 31.8. The first-order valence-electron chi connectivity index (χ1n) is 20.4. The Balaban J connectivity index is 1.61. The average molecular weight is 678 g/mol. The lowest BCUT2D eigenvalue weighted by molar-refractivity contribution is -0.153. The van der Waals surface area contributed by atoms with Gasteiger partial charge >= 0.3 is 17.9 Å². The Bertz CT molecular complexity index is 828. The SMILES string of the molecule is CCCCCC(CCCCC)CCOC(=O)CCCCCCCC(CCC(=O)OCCC12CCC(CC1)CC2)OC(=O)CCCN(C)C. The second-order valence-electron chi connectivity index (χ2n) is 15.7. The van der Waals surface area contributed by atoms with Gasteiger partial charge < -0.3 is 19.1 Å². The van der Waals surface area contributed by atoms with Crippen LogP contribution in [0.25, 0.3) is 0 Å². The molecule has 3 aliphatic rings. The van der Waals surface area contributed by atoms with Gasteiger partial charge in [0.25, 0.3) is 0 Å². The normalized spacial score (nSPS) is 19.5. The molecular weight excluding hydrogens is 602 g/mol. The summed E-state index contributed by atoms with van der Waals surface area (Å²) < 4.78 is 17.1. The van der Waals surface area contributed by atoms with Gasteiger partial charge in [0.15, 0.2) is 0 Å². The van der Waals surface area contributed by atoms with Crippen molar-refractivity contribution in [3.8, 4) is 0 Å². The molecule has 0 amide bonds. The lowest BCUT2D eigenvalue weighted by Gasteiger charge is -2.46. The molecule has 0 aromatic rings. The van der Waals surface area contributed by atoms with Crippen molar-refractivity contribution in [1.29, 1.82) is 0 Å². The highest BCUT2D eigenvalue weighted by Gasteiger charge is 2.40. The van der Waals surface area contributed by atoms with Gasteiger partial charge in [-0.3, -0.25) is 14.4 Å². The predicted molar refractivity (Wildman–Crippen MR) is 196 cm³/mol. The first kappa shape index (κ1) is 42.5. The molecule has 48 heavy (non-hydrogen) atoms. The van der Waals surface area contributed by atoms with E-state index in [0.717, 1.165) is 70.3 Å². The summed E-state index contributed by atoms with van der Waals surface area (Å²) in [7, 11) is 4.00. The van der Waals surface area contributed by atoms with E-state index in [2.05, 4.69) is 18.7 Å². The maximum Gasteiger partial charge on any atom is 0.306 e. The summed E-state index contributed by atoms with van der Waals surface area (Å²) >= 11 is 0. The molecule has 0 aromatic heterocycles. The van der Waals surface area contributed by atoms with Crippen LogP contribution in [0.4, 0.5) is 0 Å².